The molecule has 0 fully saturated rings. The van der Waals surface area contributed by atoms with Gasteiger partial charge in [-0.3, -0.25) is 0 Å². The molecule has 3 nitrogen and oxygen atoms in total. The molecule has 0 aliphatic rings. The third-order valence-electron chi connectivity index (χ3n) is 0. The Labute approximate surface area is 41.4 Å². The van der Waals surface area contributed by atoms with Crippen LogP contribution in [0, 0.1) is 0 Å². The minimum absolute atomic E-state index is 0. The Bertz CT molecular complexity index is 3.25. The van der Waals surface area contributed by atoms with Crippen molar-refractivity contribution < 1.29 is 16.4 Å². The first-order chi connectivity index (χ1) is 0. The summed E-state index contributed by atoms with van der Waals surface area (Å²) >= 11 is 0. The van der Waals surface area contributed by atoms with E-state index < -0.39 is 0 Å². The van der Waals surface area contributed by atoms with Crippen LogP contribution in [0.1, 0.15) is 0 Å². The van der Waals surface area contributed by atoms with Crippen LogP contribution in [0.15, 0.2) is 0 Å². The van der Waals surface area contributed by atoms with Crippen molar-refractivity contribution in [3.05, 3.63) is 0 Å². The molecule has 4 heavy (non-hydrogen) atoms. The Kier molecular flexibility index (Phi) is 1820. The van der Waals surface area contributed by atoms with Crippen LogP contribution < -0.4 is 0 Å². The summed E-state index contributed by atoms with van der Waals surface area (Å²) in [4.78, 5) is 0. The molecule has 0 aliphatic carbocycles. The maximum Gasteiger partial charge on any atom is 5.00 e. The van der Waals surface area contributed by atoms with Gasteiger partial charge in [0.25, 0.3) is 0 Å². The summed E-state index contributed by atoms with van der Waals surface area (Å²) in [5.41, 5.74) is 0. The third kappa shape index (κ3) is 16.0. The third-order valence-corrected chi connectivity index (χ3v) is 0. The predicted octanol–water partition coefficient (Wildman–Crippen LogP) is -0.737. The van der Waals surface area contributed by atoms with E-state index in [2.05, 4.69) is 0 Å². The van der Waals surface area contributed by atoms with E-state index in [0.717, 1.165) is 0 Å². The fraction of sp³-hybridized carbons (Fsp3) is 0. The fourth-order valence-electron chi connectivity index (χ4n) is 0. The van der Waals surface area contributed by atoms with E-state index in [1.807, 2.05) is 0 Å². The van der Waals surface area contributed by atoms with Gasteiger partial charge in [0.05, 0.1) is 0 Å². The zero-order valence-corrected chi connectivity index (χ0v) is 4.22. The normalized spacial score (nSPS) is 0. The monoisotopic (exact) mass is 169 g/mol. The average Bonchev–Trinajstić information content (AvgIpc) is 0. The quantitative estimate of drug-likeness (QED) is 0.428. The van der Waals surface area contributed by atoms with Crippen molar-refractivity contribution in [2.24, 2.45) is 0 Å². The van der Waals surface area contributed by atoms with Crippen molar-refractivity contribution in [3.63, 3.8) is 0 Å². The molecule has 0 N–H and O–H groups in total. The molecule has 0 heterocycles. The first kappa shape index (κ1) is 132. The minimum Gasteiger partial charge on any atom is -2.00 e. The van der Waals surface area contributed by atoms with E-state index in [9.17, 15) is 0 Å². The summed E-state index contributed by atoms with van der Waals surface area (Å²) in [6.07, 6.45) is 0. The molecule has 0 saturated carbocycles. The molecule has 0 amide bonds. The van der Waals surface area contributed by atoms with Gasteiger partial charge in [0, 0.05) is 0 Å². The molecular weight excluding hydrogens is 170 g/mol. The first-order valence-corrected chi connectivity index (χ1v) is 0. The SMILES string of the molecule is [O-2].[O-2].[O-2].[Sb+5]. The Morgan fingerprint density at radius 1 is 0.500 bits per heavy atom. The van der Waals surface area contributed by atoms with Crippen LogP contribution in [0.5, 0.6) is 0 Å². The van der Waals surface area contributed by atoms with Crippen LogP contribution in [-0.2, 0) is 16.4 Å². The number of hydrogen-bond donors (Lipinski definition) is 0. The average molecular weight is 170 g/mol. The van der Waals surface area contributed by atoms with Crippen molar-refractivity contribution in [3.8, 4) is 0 Å². The smallest absolute Gasteiger partial charge is 2.00 e. The number of hydrogen-bond acceptors (Lipinski definition) is 0. The van der Waals surface area contributed by atoms with Gasteiger partial charge in [0.15, 0.2) is 0 Å². The molecule has 0 saturated heterocycles. The van der Waals surface area contributed by atoms with Crippen molar-refractivity contribution in [1.29, 1.82) is 0 Å². The van der Waals surface area contributed by atoms with Gasteiger partial charge in [0.2, 0.25) is 0 Å². The van der Waals surface area contributed by atoms with Gasteiger partial charge >= 0.3 is 24.4 Å². The summed E-state index contributed by atoms with van der Waals surface area (Å²) in [7, 11) is 0. The molecule has 0 unspecified atom stereocenters. The van der Waals surface area contributed by atoms with Crippen LogP contribution >= 0.6 is 0 Å². The molecule has 24 valence electrons. The molecule has 0 aliphatic heterocycles. The van der Waals surface area contributed by atoms with Gasteiger partial charge in [0.1, 0.15) is 0 Å². The van der Waals surface area contributed by atoms with Crippen LogP contribution in [-0.4, -0.2) is 24.4 Å². The van der Waals surface area contributed by atoms with Gasteiger partial charge in [-0.2, -0.15) is 0 Å². The van der Waals surface area contributed by atoms with E-state index in [-0.39, 0.29) is 40.9 Å². The topological polar surface area (TPSA) is 85.5 Å². The summed E-state index contributed by atoms with van der Waals surface area (Å²) in [6, 6.07) is 0. The van der Waals surface area contributed by atoms with Crippen LogP contribution in [0.25, 0.3) is 0 Å². The van der Waals surface area contributed by atoms with Crippen molar-refractivity contribution in [2.75, 3.05) is 0 Å². The summed E-state index contributed by atoms with van der Waals surface area (Å²) in [5.74, 6) is 0. The van der Waals surface area contributed by atoms with E-state index in [4.69, 9.17) is 0 Å². The zero-order chi connectivity index (χ0) is 0. The molecule has 0 aromatic heterocycles. The maximum atomic E-state index is 0. The number of rotatable bonds is 0. The van der Waals surface area contributed by atoms with Gasteiger partial charge < -0.3 is 16.4 Å². The predicted molar refractivity (Wildman–Crippen MR) is 7.81 cm³/mol. The van der Waals surface area contributed by atoms with E-state index in [1.54, 1.807) is 0 Å². The van der Waals surface area contributed by atoms with E-state index in [1.165, 1.54) is 0 Å². The molecule has 0 aromatic carbocycles. The Morgan fingerprint density at radius 3 is 0.500 bits per heavy atom. The van der Waals surface area contributed by atoms with Gasteiger partial charge in [-0.05, 0) is 0 Å². The molecular formula is O3Sb-. The van der Waals surface area contributed by atoms with Crippen LogP contribution in [0.4, 0.5) is 0 Å². The summed E-state index contributed by atoms with van der Waals surface area (Å²) in [5, 5.41) is 0. The Hall–Kier alpha value is 0.698. The molecule has 0 aromatic rings. The molecule has 0 rings (SSSR count). The summed E-state index contributed by atoms with van der Waals surface area (Å²) < 4.78 is 0. The van der Waals surface area contributed by atoms with Crippen molar-refractivity contribution in [2.45, 2.75) is 0 Å². The Balaban J connectivity index is 0. The van der Waals surface area contributed by atoms with Crippen molar-refractivity contribution >= 4 is 24.4 Å². The van der Waals surface area contributed by atoms with E-state index >= 15 is 0 Å². The van der Waals surface area contributed by atoms with E-state index in [0.29, 0.717) is 0 Å². The van der Waals surface area contributed by atoms with Gasteiger partial charge in [-0.25, -0.2) is 0 Å². The molecule has 0 atom stereocenters. The van der Waals surface area contributed by atoms with Crippen LogP contribution in [0.2, 0.25) is 0 Å². The zero-order valence-electron chi connectivity index (χ0n) is 1.67. The molecule has 0 bridgehead atoms. The van der Waals surface area contributed by atoms with Gasteiger partial charge in [-0.15, -0.1) is 0 Å². The second-order valence-electron chi connectivity index (χ2n) is 0. The first-order valence-electron chi connectivity index (χ1n) is 0. The molecule has 0 radical (unpaired) electrons. The summed E-state index contributed by atoms with van der Waals surface area (Å²) in [6.45, 7) is 0. The Morgan fingerprint density at radius 2 is 0.500 bits per heavy atom. The largest absolute Gasteiger partial charge is 5.00 e. The minimum atomic E-state index is 0. The van der Waals surface area contributed by atoms with Gasteiger partial charge in [-0.1, -0.05) is 0 Å². The van der Waals surface area contributed by atoms with Crippen LogP contribution in [0.3, 0.4) is 0 Å². The molecule has 4 heteroatoms. The molecule has 0 spiro atoms. The standard InChI is InChI=1S/3O.Sb/q3*-2;+5. The maximum absolute atomic E-state index is 0. The second kappa shape index (κ2) is 55.2. The second-order valence-corrected chi connectivity index (χ2v) is 0. The van der Waals surface area contributed by atoms with Crippen molar-refractivity contribution in [1.82, 2.24) is 0 Å². The fourth-order valence-corrected chi connectivity index (χ4v) is 0.